The number of carboxylic acids is 1. The lowest BCUT2D eigenvalue weighted by Crippen LogP contribution is -2.51. The van der Waals surface area contributed by atoms with Gasteiger partial charge in [0.2, 0.25) is 5.91 Å². The molecular formula is C20H25F3N2O5S. The van der Waals surface area contributed by atoms with Crippen LogP contribution in [0.15, 0.2) is 41.8 Å². The summed E-state index contributed by atoms with van der Waals surface area (Å²) in [5, 5.41) is 21.0. The van der Waals surface area contributed by atoms with Gasteiger partial charge in [0.15, 0.2) is 0 Å². The topological polar surface area (TPSA) is 122 Å². The maximum atomic E-state index is 11.9. The number of amides is 1. The maximum absolute atomic E-state index is 11.9. The van der Waals surface area contributed by atoms with E-state index in [1.165, 1.54) is 11.8 Å². The predicted molar refractivity (Wildman–Crippen MR) is 111 cm³/mol. The van der Waals surface area contributed by atoms with Crippen molar-refractivity contribution >= 4 is 28.9 Å². The van der Waals surface area contributed by atoms with Crippen molar-refractivity contribution in [2.45, 2.75) is 37.9 Å². The van der Waals surface area contributed by atoms with Crippen LogP contribution < -0.4 is 15.8 Å². The second-order valence-electron chi connectivity index (χ2n) is 6.74. The summed E-state index contributed by atoms with van der Waals surface area (Å²) >= 11 is 1.79. The van der Waals surface area contributed by atoms with Crippen LogP contribution in [0.4, 0.5) is 18.9 Å². The van der Waals surface area contributed by atoms with E-state index in [-0.39, 0.29) is 0 Å². The Kier molecular flexibility index (Phi) is 10.5. The fourth-order valence-electron chi connectivity index (χ4n) is 2.03. The van der Waals surface area contributed by atoms with Crippen LogP contribution in [-0.4, -0.2) is 47.0 Å². The van der Waals surface area contributed by atoms with E-state index in [0.717, 1.165) is 25.0 Å². The Labute approximate surface area is 181 Å². The molecule has 0 aliphatic heterocycles. The van der Waals surface area contributed by atoms with Gasteiger partial charge in [-0.2, -0.15) is 13.2 Å². The van der Waals surface area contributed by atoms with Gasteiger partial charge in [-0.3, -0.25) is 4.79 Å². The first kappa shape index (κ1) is 26.4. The van der Waals surface area contributed by atoms with Crippen molar-refractivity contribution in [2.75, 3.05) is 18.5 Å². The molecule has 1 heterocycles. The van der Waals surface area contributed by atoms with Gasteiger partial charge < -0.3 is 26.0 Å². The number of carbonyl (C=O) groups is 2. The maximum Gasteiger partial charge on any atom is 0.490 e. The zero-order valence-corrected chi connectivity index (χ0v) is 17.6. The number of halogens is 3. The van der Waals surface area contributed by atoms with Crippen LogP contribution in [0.2, 0.25) is 0 Å². The number of hydrogen-bond acceptors (Lipinski definition) is 6. The third-order valence-electron chi connectivity index (χ3n) is 3.87. The number of aliphatic hydroxyl groups excluding tert-OH is 1. The lowest BCUT2D eigenvalue weighted by Gasteiger charge is -2.20. The highest BCUT2D eigenvalue weighted by molar-refractivity contribution is 7.09. The van der Waals surface area contributed by atoms with Crippen molar-refractivity contribution in [3.8, 4) is 5.75 Å². The van der Waals surface area contributed by atoms with Gasteiger partial charge in [0, 0.05) is 10.6 Å². The fraction of sp³-hybridized carbons (Fsp3) is 0.400. The summed E-state index contributed by atoms with van der Waals surface area (Å²) in [6.07, 6.45) is -1.89. The molecule has 0 fully saturated rings. The molecule has 2 rings (SSSR count). The summed E-state index contributed by atoms with van der Waals surface area (Å²) in [4.78, 5) is 22.2. The summed E-state index contributed by atoms with van der Waals surface area (Å²) in [7, 11) is 0. The van der Waals surface area contributed by atoms with Gasteiger partial charge in [0.05, 0.1) is 13.2 Å². The van der Waals surface area contributed by atoms with E-state index in [0.29, 0.717) is 12.3 Å². The van der Waals surface area contributed by atoms with Gasteiger partial charge in [-0.25, -0.2) is 4.79 Å². The first-order valence-corrected chi connectivity index (χ1v) is 10.1. The number of hydrogen-bond donors (Lipinski definition) is 4. The van der Waals surface area contributed by atoms with E-state index in [9.17, 15) is 18.0 Å². The molecule has 7 nitrogen and oxygen atoms in total. The van der Waals surface area contributed by atoms with Crippen molar-refractivity contribution in [3.63, 3.8) is 0 Å². The van der Waals surface area contributed by atoms with Crippen LogP contribution in [0.1, 0.15) is 24.6 Å². The number of aliphatic hydroxyl groups is 1. The van der Waals surface area contributed by atoms with E-state index in [4.69, 9.17) is 25.5 Å². The van der Waals surface area contributed by atoms with Gasteiger partial charge in [0.25, 0.3) is 0 Å². The summed E-state index contributed by atoms with van der Waals surface area (Å²) in [5.74, 6) is -2.42. The van der Waals surface area contributed by atoms with Gasteiger partial charge in [0.1, 0.15) is 11.3 Å². The van der Waals surface area contributed by atoms with Crippen molar-refractivity contribution < 1.29 is 37.7 Å². The number of alkyl halides is 3. The number of unbranched alkanes of at least 4 members (excludes halogenated alkanes) is 1. The molecule has 31 heavy (non-hydrogen) atoms. The van der Waals surface area contributed by atoms with E-state index < -0.39 is 30.2 Å². The van der Waals surface area contributed by atoms with Gasteiger partial charge in [-0.15, -0.1) is 11.3 Å². The number of carbonyl (C=O) groups excluding carboxylic acids is 1. The minimum atomic E-state index is -5.08. The molecule has 11 heteroatoms. The van der Waals surface area contributed by atoms with Gasteiger partial charge in [-0.1, -0.05) is 6.07 Å². The average molecular weight is 462 g/mol. The van der Waals surface area contributed by atoms with Crippen LogP contribution >= 0.6 is 11.3 Å². The van der Waals surface area contributed by atoms with Gasteiger partial charge in [-0.05, 0) is 61.9 Å². The zero-order chi connectivity index (χ0) is 23.5. The second-order valence-corrected chi connectivity index (χ2v) is 7.77. The molecule has 0 aliphatic carbocycles. The molecule has 0 spiro atoms. The SMILES string of the molecule is CC(N)(CO)C(=O)Nc1ccc(OCCCCc2cccs2)cc1.O=C(O)C(F)(F)F. The summed E-state index contributed by atoms with van der Waals surface area (Å²) in [5.41, 5.74) is 5.01. The van der Waals surface area contributed by atoms with Crippen molar-refractivity contribution in [1.82, 2.24) is 0 Å². The molecule has 1 aromatic carbocycles. The van der Waals surface area contributed by atoms with Crippen molar-refractivity contribution in [3.05, 3.63) is 46.7 Å². The van der Waals surface area contributed by atoms with Crippen molar-refractivity contribution in [2.24, 2.45) is 5.73 Å². The molecule has 1 atom stereocenters. The molecule has 2 aromatic rings. The van der Waals surface area contributed by atoms with Crippen LogP contribution in [0.25, 0.3) is 0 Å². The molecule has 0 aliphatic rings. The molecule has 0 radical (unpaired) electrons. The highest BCUT2D eigenvalue weighted by Gasteiger charge is 2.38. The predicted octanol–water partition coefficient (Wildman–Crippen LogP) is 3.43. The highest BCUT2D eigenvalue weighted by atomic mass is 32.1. The molecule has 1 unspecified atom stereocenters. The van der Waals surface area contributed by atoms with Crippen LogP contribution in [0.5, 0.6) is 5.75 Å². The highest BCUT2D eigenvalue weighted by Crippen LogP contribution is 2.18. The molecule has 1 aromatic heterocycles. The molecule has 0 saturated carbocycles. The Morgan fingerprint density at radius 3 is 2.26 bits per heavy atom. The molecule has 0 bridgehead atoms. The summed E-state index contributed by atoms with van der Waals surface area (Å²) in [6, 6.07) is 11.4. The number of rotatable bonds is 9. The van der Waals surface area contributed by atoms with E-state index in [1.807, 2.05) is 12.1 Å². The fourth-order valence-corrected chi connectivity index (χ4v) is 2.78. The number of ether oxygens (including phenoxy) is 1. The van der Waals surface area contributed by atoms with E-state index in [1.54, 1.807) is 23.5 Å². The first-order valence-electron chi connectivity index (χ1n) is 9.22. The minimum absolute atomic E-state index is 0.411. The monoisotopic (exact) mass is 462 g/mol. The number of aliphatic carboxylic acids is 1. The smallest absolute Gasteiger partial charge is 0.490 e. The number of anilines is 1. The Balaban J connectivity index is 0.000000592. The number of aryl methyl sites for hydroxylation is 1. The third kappa shape index (κ3) is 10.3. The molecule has 0 saturated heterocycles. The molecule has 5 N–H and O–H groups in total. The summed E-state index contributed by atoms with van der Waals surface area (Å²) in [6.45, 7) is 1.74. The minimum Gasteiger partial charge on any atom is -0.494 e. The molecule has 1 amide bonds. The van der Waals surface area contributed by atoms with E-state index in [2.05, 4.69) is 22.8 Å². The second kappa shape index (κ2) is 12.3. The third-order valence-corrected chi connectivity index (χ3v) is 4.80. The average Bonchev–Trinajstić information content (AvgIpc) is 3.22. The normalized spacial score (nSPS) is 12.8. The van der Waals surface area contributed by atoms with Crippen LogP contribution in [0.3, 0.4) is 0 Å². The molecule has 172 valence electrons. The number of nitrogens with two attached hydrogens (primary N) is 1. The van der Waals surface area contributed by atoms with Crippen LogP contribution in [-0.2, 0) is 16.0 Å². The van der Waals surface area contributed by atoms with Gasteiger partial charge >= 0.3 is 12.1 Å². The van der Waals surface area contributed by atoms with Crippen LogP contribution in [0, 0.1) is 0 Å². The Morgan fingerprint density at radius 2 is 1.77 bits per heavy atom. The Hall–Kier alpha value is -2.63. The largest absolute Gasteiger partial charge is 0.494 e. The quantitative estimate of drug-likeness (QED) is 0.424. The van der Waals surface area contributed by atoms with Crippen molar-refractivity contribution in [1.29, 1.82) is 0 Å². The summed E-state index contributed by atoms with van der Waals surface area (Å²) < 4.78 is 37.4. The standard InChI is InChI=1S/C18H24N2O3S.C2HF3O2/c1-18(19,13-21)17(22)20-14-7-9-15(10-8-14)23-11-3-2-5-16-6-4-12-24-16;3-2(4,5)1(6)7/h4,6-10,12,21H,2-3,5,11,13,19H2,1H3,(H,20,22);(H,6,7). The number of carboxylic acid groups (broad SMARTS) is 1. The Bertz CT molecular complexity index is 809. The molecular weight excluding hydrogens is 437 g/mol. The number of nitrogens with one attached hydrogen (secondary N) is 1. The number of benzene rings is 1. The zero-order valence-electron chi connectivity index (χ0n) is 16.8. The Morgan fingerprint density at radius 1 is 1.16 bits per heavy atom. The first-order chi connectivity index (χ1) is 14.5. The lowest BCUT2D eigenvalue weighted by molar-refractivity contribution is -0.192. The lowest BCUT2D eigenvalue weighted by atomic mass is 10.0. The number of thiophene rings is 1. The van der Waals surface area contributed by atoms with E-state index >= 15 is 0 Å².